The van der Waals surface area contributed by atoms with Crippen molar-refractivity contribution in [1.82, 2.24) is 4.98 Å². The number of pyridine rings is 1. The van der Waals surface area contributed by atoms with Crippen molar-refractivity contribution in [3.63, 3.8) is 0 Å². The molecule has 168 valence electrons. The summed E-state index contributed by atoms with van der Waals surface area (Å²) in [6, 6.07) is 5.05. The van der Waals surface area contributed by atoms with Crippen LogP contribution in [0.1, 0.15) is 48.2 Å². The Balaban J connectivity index is 1.58. The van der Waals surface area contributed by atoms with E-state index < -0.39 is 27.0 Å². The molecule has 2 fully saturated rings. The molecule has 3 aliphatic carbocycles. The Labute approximate surface area is 183 Å². The number of rotatable bonds is 7. The Morgan fingerprint density at radius 3 is 2.50 bits per heavy atom. The second-order valence-corrected chi connectivity index (χ2v) is 10.6. The molecule has 0 unspecified atom stereocenters. The van der Waals surface area contributed by atoms with Gasteiger partial charge in [0.1, 0.15) is 5.78 Å². The lowest BCUT2D eigenvalue weighted by atomic mass is 9.93. The third-order valence-corrected chi connectivity index (χ3v) is 7.88. The highest BCUT2D eigenvalue weighted by Gasteiger charge is 2.38. The number of aromatic nitrogens is 1. The number of carbonyl (C=O) groups is 1. The third-order valence-electron chi connectivity index (χ3n) is 6.01. The number of anilines is 1. The number of carbonyl (C=O) groups excluding carboxylic acids is 1. The molecular weight excluding hydrogens is 441 g/mol. The lowest BCUT2D eigenvalue weighted by Crippen LogP contribution is -2.18. The molecule has 0 radical (unpaired) electrons. The van der Waals surface area contributed by atoms with Gasteiger partial charge in [-0.2, -0.15) is 13.2 Å². The molecule has 2 aromatic rings. The quantitative estimate of drug-likeness (QED) is 0.644. The Hall–Kier alpha value is -2.68. The van der Waals surface area contributed by atoms with E-state index in [1.807, 2.05) is 6.08 Å². The second-order valence-electron chi connectivity index (χ2n) is 8.65. The number of ketones is 1. The minimum atomic E-state index is -4.70. The summed E-state index contributed by atoms with van der Waals surface area (Å²) >= 11 is 0. The van der Waals surface area contributed by atoms with Gasteiger partial charge in [0.2, 0.25) is 10.0 Å². The Kier molecular flexibility index (Phi) is 4.92. The van der Waals surface area contributed by atoms with Gasteiger partial charge in [-0.25, -0.2) is 8.42 Å². The first-order chi connectivity index (χ1) is 15.1. The molecule has 5 nitrogen and oxygen atoms in total. The van der Waals surface area contributed by atoms with Crippen molar-refractivity contribution in [3.05, 3.63) is 52.9 Å². The number of nitrogens with one attached hydrogen (secondary N) is 1. The summed E-state index contributed by atoms with van der Waals surface area (Å²) in [5, 5.41) is -0.545. The predicted molar refractivity (Wildman–Crippen MR) is 114 cm³/mol. The van der Waals surface area contributed by atoms with Crippen LogP contribution in [0.15, 0.2) is 30.3 Å². The SMILES string of the molecule is O=C(Cc1cc(-c2ccc(NS(=O)(=O)C3CC3)cc2C(F)(F)F)c2c(n1)CC=C2)C1CC1. The summed E-state index contributed by atoms with van der Waals surface area (Å²) in [6.45, 7) is 0. The lowest BCUT2D eigenvalue weighted by Gasteiger charge is -2.18. The number of Topliss-reactive ketones (excluding diaryl/α,β-unsaturated/α-hetero) is 1. The highest BCUT2D eigenvalue weighted by atomic mass is 32.2. The summed E-state index contributed by atoms with van der Waals surface area (Å²) in [7, 11) is -3.69. The van der Waals surface area contributed by atoms with Gasteiger partial charge in [-0.15, -0.1) is 0 Å². The largest absolute Gasteiger partial charge is 0.417 e. The van der Waals surface area contributed by atoms with Gasteiger partial charge >= 0.3 is 6.18 Å². The summed E-state index contributed by atoms with van der Waals surface area (Å²) in [5.74, 6) is 0.103. The van der Waals surface area contributed by atoms with Gasteiger partial charge in [0.25, 0.3) is 0 Å². The van der Waals surface area contributed by atoms with Crippen LogP contribution in [0.5, 0.6) is 0 Å². The molecule has 0 bridgehead atoms. The number of fused-ring (bicyclic) bond motifs is 1. The first-order valence-corrected chi connectivity index (χ1v) is 12.1. The molecule has 5 rings (SSSR count). The van der Waals surface area contributed by atoms with Crippen molar-refractivity contribution in [2.45, 2.75) is 50.0 Å². The molecule has 0 saturated heterocycles. The van der Waals surface area contributed by atoms with Crippen LogP contribution in [0.25, 0.3) is 17.2 Å². The van der Waals surface area contributed by atoms with Crippen molar-refractivity contribution in [1.29, 1.82) is 0 Å². The van der Waals surface area contributed by atoms with Crippen LogP contribution < -0.4 is 4.72 Å². The second kappa shape index (κ2) is 7.43. The summed E-state index contributed by atoms with van der Waals surface area (Å²) < 4.78 is 68.8. The topological polar surface area (TPSA) is 76.1 Å². The van der Waals surface area contributed by atoms with Crippen LogP contribution in [0.2, 0.25) is 0 Å². The maximum absolute atomic E-state index is 14.0. The minimum absolute atomic E-state index is 0.0381. The summed E-state index contributed by atoms with van der Waals surface area (Å²) in [6.07, 6.45) is 2.21. The van der Waals surface area contributed by atoms with Gasteiger partial charge < -0.3 is 0 Å². The van der Waals surface area contributed by atoms with E-state index in [-0.39, 0.29) is 29.4 Å². The third kappa shape index (κ3) is 4.18. The van der Waals surface area contributed by atoms with E-state index in [0.29, 0.717) is 41.8 Å². The first kappa shape index (κ1) is 21.2. The molecule has 0 amide bonds. The van der Waals surface area contributed by atoms with E-state index in [1.54, 1.807) is 12.1 Å². The Bertz CT molecular complexity index is 1240. The van der Waals surface area contributed by atoms with Crippen LogP contribution >= 0.6 is 0 Å². The smallest absolute Gasteiger partial charge is 0.299 e. The number of alkyl halides is 3. The number of hydrogen-bond donors (Lipinski definition) is 1. The molecule has 9 heteroatoms. The van der Waals surface area contributed by atoms with Gasteiger partial charge in [-0.1, -0.05) is 18.2 Å². The molecule has 32 heavy (non-hydrogen) atoms. The van der Waals surface area contributed by atoms with Crippen molar-refractivity contribution < 1.29 is 26.4 Å². The summed E-state index contributed by atoms with van der Waals surface area (Å²) in [4.78, 5) is 16.8. The van der Waals surface area contributed by atoms with Crippen LogP contribution in [-0.2, 0) is 33.8 Å². The number of sulfonamides is 1. The average Bonchev–Trinajstić information content (AvgIpc) is 3.62. The number of nitrogens with zero attached hydrogens (tertiary/aromatic N) is 1. The van der Waals surface area contributed by atoms with Gasteiger partial charge in [-0.05, 0) is 55.0 Å². The molecule has 1 heterocycles. The van der Waals surface area contributed by atoms with Gasteiger partial charge in [-0.3, -0.25) is 14.5 Å². The number of allylic oxidation sites excluding steroid dienone is 1. The zero-order chi connectivity index (χ0) is 22.7. The molecule has 0 aliphatic heterocycles. The molecule has 0 spiro atoms. The first-order valence-electron chi connectivity index (χ1n) is 10.6. The van der Waals surface area contributed by atoms with E-state index in [1.165, 1.54) is 12.1 Å². The lowest BCUT2D eigenvalue weighted by molar-refractivity contribution is -0.137. The van der Waals surface area contributed by atoms with Crippen molar-refractivity contribution >= 4 is 27.6 Å². The van der Waals surface area contributed by atoms with E-state index in [9.17, 15) is 26.4 Å². The van der Waals surface area contributed by atoms with Crippen LogP contribution in [0.3, 0.4) is 0 Å². The number of halogens is 3. The summed E-state index contributed by atoms with van der Waals surface area (Å²) in [5.41, 5.74) is 0.964. The fourth-order valence-corrected chi connectivity index (χ4v) is 5.42. The maximum atomic E-state index is 14.0. The van der Waals surface area contributed by atoms with Crippen LogP contribution in [0.4, 0.5) is 18.9 Å². The van der Waals surface area contributed by atoms with Gasteiger partial charge in [0, 0.05) is 35.7 Å². The van der Waals surface area contributed by atoms with Crippen molar-refractivity contribution in [3.8, 4) is 11.1 Å². The molecule has 1 aromatic heterocycles. The fourth-order valence-electron chi connectivity index (χ4n) is 4.04. The zero-order valence-corrected chi connectivity index (χ0v) is 17.9. The van der Waals surface area contributed by atoms with Gasteiger partial charge in [0.05, 0.1) is 16.5 Å². The monoisotopic (exact) mass is 462 g/mol. The predicted octanol–water partition coefficient (Wildman–Crippen LogP) is 4.76. The Morgan fingerprint density at radius 2 is 1.84 bits per heavy atom. The maximum Gasteiger partial charge on any atom is 0.417 e. The van der Waals surface area contributed by atoms with E-state index in [4.69, 9.17) is 0 Å². The van der Waals surface area contributed by atoms with Crippen molar-refractivity contribution in [2.75, 3.05) is 4.72 Å². The molecule has 1 N–H and O–H groups in total. The van der Waals surface area contributed by atoms with Crippen LogP contribution in [-0.4, -0.2) is 24.4 Å². The van der Waals surface area contributed by atoms with E-state index >= 15 is 0 Å². The molecule has 0 atom stereocenters. The normalized spacial score (nSPS) is 18.0. The fraction of sp³-hybridized carbons (Fsp3) is 0.391. The minimum Gasteiger partial charge on any atom is -0.299 e. The highest BCUT2D eigenvalue weighted by Crippen LogP contribution is 2.42. The van der Waals surface area contributed by atoms with E-state index in [2.05, 4.69) is 9.71 Å². The van der Waals surface area contributed by atoms with Crippen molar-refractivity contribution in [2.24, 2.45) is 5.92 Å². The molecule has 1 aromatic carbocycles. The highest BCUT2D eigenvalue weighted by molar-refractivity contribution is 7.93. The molecule has 2 saturated carbocycles. The molecular formula is C23H21F3N2O3S. The zero-order valence-electron chi connectivity index (χ0n) is 17.1. The Morgan fingerprint density at radius 1 is 1.09 bits per heavy atom. The van der Waals surface area contributed by atoms with Gasteiger partial charge in [0.15, 0.2) is 0 Å². The molecule has 3 aliphatic rings. The average molecular weight is 462 g/mol. The number of benzene rings is 1. The standard InChI is InChI=1S/C23H21F3N2O3S/c24-23(25,26)20-11-14(28-32(30,31)16-7-8-16)6-9-17(20)19-10-15(12-22(29)13-4-5-13)27-21-3-1-2-18(19)21/h1-2,6,9-11,13,16,28H,3-5,7-8,12H2. The van der Waals surface area contributed by atoms with Crippen LogP contribution in [0, 0.1) is 5.92 Å². The number of hydrogen-bond acceptors (Lipinski definition) is 4. The van der Waals surface area contributed by atoms with E-state index in [0.717, 1.165) is 18.9 Å².